The molecular weight excluding hydrogens is 420 g/mol. The van der Waals surface area contributed by atoms with Crippen molar-refractivity contribution in [1.29, 1.82) is 0 Å². The van der Waals surface area contributed by atoms with Gasteiger partial charge in [-0.3, -0.25) is 9.59 Å². The molecule has 33 heavy (non-hydrogen) atoms. The van der Waals surface area contributed by atoms with E-state index in [1.807, 2.05) is 31.2 Å². The molecule has 4 rings (SSSR count). The summed E-state index contributed by atoms with van der Waals surface area (Å²) in [4.78, 5) is 35.9. The maximum absolute atomic E-state index is 12.5. The van der Waals surface area contributed by atoms with Gasteiger partial charge >= 0.3 is 12.1 Å². The third-order valence-corrected chi connectivity index (χ3v) is 6.73. The topological polar surface area (TPSA) is 105 Å². The number of carboxylic acids is 1. The Morgan fingerprint density at radius 3 is 2.27 bits per heavy atom. The van der Waals surface area contributed by atoms with Gasteiger partial charge in [0.25, 0.3) is 0 Å². The van der Waals surface area contributed by atoms with E-state index in [0.717, 1.165) is 11.1 Å². The van der Waals surface area contributed by atoms with Crippen molar-refractivity contribution in [3.05, 3.63) is 59.7 Å². The number of nitrogens with one attached hydrogen (secondary N) is 2. The minimum atomic E-state index is -0.927. The van der Waals surface area contributed by atoms with E-state index in [1.54, 1.807) is 0 Å². The summed E-state index contributed by atoms with van der Waals surface area (Å²) in [5.41, 5.74) is 4.69. The maximum Gasteiger partial charge on any atom is 0.407 e. The van der Waals surface area contributed by atoms with Crippen molar-refractivity contribution >= 4 is 18.0 Å². The lowest BCUT2D eigenvalue weighted by atomic mass is 9.98. The highest BCUT2D eigenvalue weighted by Crippen LogP contribution is 2.44. The van der Waals surface area contributed by atoms with E-state index < -0.39 is 12.1 Å². The van der Waals surface area contributed by atoms with Gasteiger partial charge in [-0.15, -0.1) is 0 Å². The lowest BCUT2D eigenvalue weighted by Gasteiger charge is -2.19. The molecule has 2 aromatic carbocycles. The highest BCUT2D eigenvalue weighted by Gasteiger charge is 2.33. The molecule has 0 aliphatic heterocycles. The largest absolute Gasteiger partial charge is 0.481 e. The van der Waals surface area contributed by atoms with Crippen LogP contribution in [-0.2, 0) is 14.3 Å². The molecule has 1 fully saturated rings. The molecule has 0 radical (unpaired) electrons. The molecule has 2 aliphatic carbocycles. The number of carboxylic acid groups (broad SMARTS) is 1. The second-order valence-corrected chi connectivity index (χ2v) is 8.89. The van der Waals surface area contributed by atoms with Crippen molar-refractivity contribution in [1.82, 2.24) is 10.6 Å². The molecule has 3 N–H and O–H groups in total. The van der Waals surface area contributed by atoms with Crippen LogP contribution < -0.4 is 10.6 Å². The zero-order valence-electron chi connectivity index (χ0n) is 18.8. The van der Waals surface area contributed by atoms with E-state index in [1.165, 1.54) is 11.1 Å². The quantitative estimate of drug-likeness (QED) is 0.563. The molecular formula is C26H30N2O5. The van der Waals surface area contributed by atoms with Crippen LogP contribution in [0.1, 0.15) is 56.1 Å². The lowest BCUT2D eigenvalue weighted by molar-refractivity contribution is -0.137. The zero-order valence-corrected chi connectivity index (χ0v) is 18.8. The Bertz CT molecular complexity index is 991. The summed E-state index contributed by atoms with van der Waals surface area (Å²) in [7, 11) is 0. The Kier molecular flexibility index (Phi) is 6.96. The van der Waals surface area contributed by atoms with Crippen LogP contribution in [0.5, 0.6) is 0 Å². The summed E-state index contributed by atoms with van der Waals surface area (Å²) < 4.78 is 5.61. The van der Waals surface area contributed by atoms with E-state index in [4.69, 9.17) is 9.84 Å². The zero-order chi connectivity index (χ0) is 23.4. The van der Waals surface area contributed by atoms with Crippen molar-refractivity contribution in [2.24, 2.45) is 5.92 Å². The van der Waals surface area contributed by atoms with Crippen LogP contribution in [0.3, 0.4) is 0 Å². The normalized spacial score (nSPS) is 19.9. The molecule has 0 bridgehead atoms. The summed E-state index contributed by atoms with van der Waals surface area (Å²) in [5.74, 6) is -1.29. The van der Waals surface area contributed by atoms with Crippen molar-refractivity contribution in [2.45, 2.75) is 57.0 Å². The molecule has 2 amide bonds. The number of amides is 2. The van der Waals surface area contributed by atoms with Gasteiger partial charge in [0.1, 0.15) is 6.61 Å². The molecule has 0 saturated heterocycles. The van der Waals surface area contributed by atoms with E-state index in [2.05, 4.69) is 34.9 Å². The summed E-state index contributed by atoms with van der Waals surface area (Å²) >= 11 is 0. The van der Waals surface area contributed by atoms with E-state index in [0.29, 0.717) is 25.7 Å². The number of ether oxygens (including phenoxy) is 1. The van der Waals surface area contributed by atoms with Gasteiger partial charge in [-0.2, -0.15) is 0 Å². The van der Waals surface area contributed by atoms with Gasteiger partial charge in [-0.1, -0.05) is 55.5 Å². The number of aliphatic carboxylic acids is 1. The standard InChI is InChI=1S/C26H30N2O5/c1-2-17(14-24(29)30)27-25(31)16-11-12-18(13-16)28-26(32)33-15-23-21-9-5-3-7-19(21)20-8-4-6-10-22(20)23/h3-10,16-18,23H,2,11-15H2,1H3,(H,27,31)(H,28,32)(H,29,30). The SMILES string of the molecule is CCC(CC(=O)O)NC(=O)C1CCC(NC(=O)OCC2c3ccccc3-c3ccccc32)C1. The Labute approximate surface area is 193 Å². The first-order chi connectivity index (χ1) is 16.0. The van der Waals surface area contributed by atoms with Crippen LogP contribution in [0, 0.1) is 5.92 Å². The average Bonchev–Trinajstić information content (AvgIpc) is 3.39. The third-order valence-electron chi connectivity index (χ3n) is 6.73. The molecule has 1 saturated carbocycles. The summed E-state index contributed by atoms with van der Waals surface area (Å²) in [6.07, 6.45) is 1.88. The molecule has 3 unspecified atom stereocenters. The number of carbonyl (C=O) groups excluding carboxylic acids is 2. The summed E-state index contributed by atoms with van der Waals surface area (Å²) in [6, 6.07) is 15.9. The van der Waals surface area contributed by atoms with Gasteiger partial charge in [0.2, 0.25) is 5.91 Å². The first kappa shape index (κ1) is 22.8. The minimum absolute atomic E-state index is 0.00506. The van der Waals surface area contributed by atoms with Crippen molar-refractivity contribution in [2.75, 3.05) is 6.61 Å². The van der Waals surface area contributed by atoms with Crippen LogP contribution in [0.2, 0.25) is 0 Å². The Balaban J connectivity index is 1.28. The highest BCUT2D eigenvalue weighted by molar-refractivity contribution is 5.81. The number of rotatable bonds is 8. The van der Waals surface area contributed by atoms with Gasteiger partial charge in [-0.05, 0) is 47.9 Å². The van der Waals surface area contributed by atoms with E-state index >= 15 is 0 Å². The van der Waals surface area contributed by atoms with Crippen molar-refractivity contribution in [3.63, 3.8) is 0 Å². The Morgan fingerprint density at radius 2 is 1.67 bits per heavy atom. The van der Waals surface area contributed by atoms with Crippen LogP contribution in [0.25, 0.3) is 11.1 Å². The van der Waals surface area contributed by atoms with Gasteiger partial charge in [-0.25, -0.2) is 4.79 Å². The molecule has 0 spiro atoms. The average molecular weight is 451 g/mol. The van der Waals surface area contributed by atoms with Crippen LogP contribution in [0.4, 0.5) is 4.79 Å². The minimum Gasteiger partial charge on any atom is -0.481 e. The van der Waals surface area contributed by atoms with Gasteiger partial charge in [0.15, 0.2) is 0 Å². The highest BCUT2D eigenvalue weighted by atomic mass is 16.5. The molecule has 0 aromatic heterocycles. The first-order valence-corrected chi connectivity index (χ1v) is 11.6. The lowest BCUT2D eigenvalue weighted by Crippen LogP contribution is -2.40. The van der Waals surface area contributed by atoms with Crippen LogP contribution >= 0.6 is 0 Å². The third kappa shape index (κ3) is 5.18. The summed E-state index contributed by atoms with van der Waals surface area (Å²) in [6.45, 7) is 2.11. The predicted molar refractivity (Wildman–Crippen MR) is 124 cm³/mol. The molecule has 2 aromatic rings. The Hall–Kier alpha value is -3.35. The van der Waals surface area contributed by atoms with Crippen molar-refractivity contribution in [3.8, 4) is 11.1 Å². The second-order valence-electron chi connectivity index (χ2n) is 8.89. The van der Waals surface area contributed by atoms with Gasteiger partial charge < -0.3 is 20.5 Å². The second kappa shape index (κ2) is 10.1. The molecule has 7 nitrogen and oxygen atoms in total. The number of benzene rings is 2. The fourth-order valence-electron chi connectivity index (χ4n) is 4.98. The van der Waals surface area contributed by atoms with Crippen LogP contribution in [0.15, 0.2) is 48.5 Å². The van der Waals surface area contributed by atoms with E-state index in [-0.39, 0.29) is 42.9 Å². The first-order valence-electron chi connectivity index (χ1n) is 11.6. The number of alkyl carbamates (subject to hydrolysis) is 1. The molecule has 174 valence electrons. The Morgan fingerprint density at radius 1 is 1.03 bits per heavy atom. The predicted octanol–water partition coefficient (Wildman–Crippen LogP) is 4.06. The monoisotopic (exact) mass is 450 g/mol. The fraction of sp³-hybridized carbons (Fsp3) is 0.423. The van der Waals surface area contributed by atoms with E-state index in [9.17, 15) is 14.4 Å². The number of hydrogen-bond acceptors (Lipinski definition) is 4. The van der Waals surface area contributed by atoms with Crippen molar-refractivity contribution < 1.29 is 24.2 Å². The molecule has 2 aliphatic rings. The van der Waals surface area contributed by atoms with Gasteiger partial charge in [0.05, 0.1) is 6.42 Å². The molecule has 0 heterocycles. The van der Waals surface area contributed by atoms with Crippen LogP contribution in [-0.4, -0.2) is 41.8 Å². The fourth-order valence-corrected chi connectivity index (χ4v) is 4.98. The molecule has 7 heteroatoms. The van der Waals surface area contributed by atoms with Gasteiger partial charge in [0, 0.05) is 23.9 Å². The smallest absolute Gasteiger partial charge is 0.407 e. The number of carbonyl (C=O) groups is 3. The summed E-state index contributed by atoms with van der Waals surface area (Å²) in [5, 5.41) is 14.7. The number of hydrogen-bond donors (Lipinski definition) is 3. The number of fused-ring (bicyclic) bond motifs is 3. The maximum atomic E-state index is 12.5. The molecule has 3 atom stereocenters.